The molecule has 0 radical (unpaired) electrons. The van der Waals surface area contributed by atoms with Crippen molar-refractivity contribution in [1.29, 1.82) is 0 Å². The highest BCUT2D eigenvalue weighted by Crippen LogP contribution is 2.30. The Labute approximate surface area is 113 Å². The summed E-state index contributed by atoms with van der Waals surface area (Å²) in [5.41, 5.74) is 6.70. The first-order valence-electron chi connectivity index (χ1n) is 5.10. The fourth-order valence-electron chi connectivity index (χ4n) is 1.35. The van der Waals surface area contributed by atoms with Crippen LogP contribution < -0.4 is 5.73 Å². The van der Waals surface area contributed by atoms with Gasteiger partial charge in [0.05, 0.1) is 5.75 Å². The molecule has 0 aliphatic carbocycles. The first kappa shape index (κ1) is 12.4. The van der Waals surface area contributed by atoms with Crippen LogP contribution in [0.1, 0.15) is 11.6 Å². The largest absolute Gasteiger partial charge is 0.398 e. The van der Waals surface area contributed by atoms with E-state index in [0.717, 1.165) is 32.5 Å². The summed E-state index contributed by atoms with van der Waals surface area (Å²) in [5.74, 6) is 2.63. The number of rotatable bonds is 3. The molecule has 90 valence electrons. The Hall–Kier alpha value is -1.01. The van der Waals surface area contributed by atoms with Crippen LogP contribution >= 0.6 is 27.7 Å². The van der Waals surface area contributed by atoms with Gasteiger partial charge in [-0.2, -0.15) is 0 Å². The van der Waals surface area contributed by atoms with Gasteiger partial charge in [0.25, 0.3) is 0 Å². The Kier molecular flexibility index (Phi) is 3.73. The van der Waals surface area contributed by atoms with Gasteiger partial charge in [-0.15, -0.1) is 22.0 Å². The van der Waals surface area contributed by atoms with Crippen LogP contribution in [0.5, 0.6) is 0 Å². The SMILES string of the molecule is Cc1nnc(CSc2cc(Br)ccc2N)n1C. The Morgan fingerprint density at radius 1 is 1.41 bits per heavy atom. The predicted molar refractivity (Wildman–Crippen MR) is 73.9 cm³/mol. The molecule has 2 aromatic rings. The average Bonchev–Trinajstić information content (AvgIpc) is 2.62. The van der Waals surface area contributed by atoms with Gasteiger partial charge in [0.1, 0.15) is 11.6 Å². The van der Waals surface area contributed by atoms with Crippen LogP contribution in [0.15, 0.2) is 27.6 Å². The highest BCUT2D eigenvalue weighted by molar-refractivity contribution is 9.10. The van der Waals surface area contributed by atoms with E-state index in [9.17, 15) is 0 Å². The molecule has 0 amide bonds. The van der Waals surface area contributed by atoms with Crippen molar-refractivity contribution >= 4 is 33.4 Å². The molecular weight excluding hydrogens is 300 g/mol. The molecule has 0 aliphatic heterocycles. The molecule has 0 fully saturated rings. The number of nitrogens with zero attached hydrogens (tertiary/aromatic N) is 3. The first-order chi connectivity index (χ1) is 8.08. The number of aromatic nitrogens is 3. The van der Waals surface area contributed by atoms with Gasteiger partial charge in [-0.25, -0.2) is 0 Å². The molecular formula is C11H13BrN4S. The summed E-state index contributed by atoms with van der Waals surface area (Å²) >= 11 is 5.10. The molecule has 4 nitrogen and oxygen atoms in total. The maximum atomic E-state index is 5.91. The quantitative estimate of drug-likeness (QED) is 0.699. The van der Waals surface area contributed by atoms with Gasteiger partial charge >= 0.3 is 0 Å². The minimum atomic E-state index is 0.762. The smallest absolute Gasteiger partial charge is 0.143 e. The number of nitrogen functional groups attached to an aromatic ring is 1. The van der Waals surface area contributed by atoms with Crippen LogP contribution in [0.2, 0.25) is 0 Å². The lowest BCUT2D eigenvalue weighted by Gasteiger charge is -2.05. The molecule has 6 heteroatoms. The molecule has 0 atom stereocenters. The molecule has 1 aromatic carbocycles. The Balaban J connectivity index is 2.12. The van der Waals surface area contributed by atoms with Crippen molar-refractivity contribution in [3.63, 3.8) is 0 Å². The number of thioether (sulfide) groups is 1. The Morgan fingerprint density at radius 3 is 2.82 bits per heavy atom. The van der Waals surface area contributed by atoms with Crippen LogP contribution in [-0.4, -0.2) is 14.8 Å². The predicted octanol–water partition coefficient (Wildman–Crippen LogP) is 2.76. The van der Waals surface area contributed by atoms with Gasteiger partial charge in [0.2, 0.25) is 0 Å². The van der Waals surface area contributed by atoms with Gasteiger partial charge < -0.3 is 10.3 Å². The monoisotopic (exact) mass is 312 g/mol. The van der Waals surface area contributed by atoms with Crippen molar-refractivity contribution in [1.82, 2.24) is 14.8 Å². The van der Waals surface area contributed by atoms with E-state index in [0.29, 0.717) is 0 Å². The van der Waals surface area contributed by atoms with Crippen LogP contribution in [0.4, 0.5) is 5.69 Å². The second kappa shape index (κ2) is 5.10. The lowest BCUT2D eigenvalue weighted by Crippen LogP contribution is -1.98. The fourth-order valence-corrected chi connectivity index (χ4v) is 2.85. The molecule has 0 aliphatic rings. The van der Waals surface area contributed by atoms with Crippen molar-refractivity contribution in [2.75, 3.05) is 5.73 Å². The van der Waals surface area contributed by atoms with Crippen molar-refractivity contribution < 1.29 is 0 Å². The molecule has 2 N–H and O–H groups in total. The van der Waals surface area contributed by atoms with Gasteiger partial charge in [0, 0.05) is 22.1 Å². The van der Waals surface area contributed by atoms with E-state index in [-0.39, 0.29) is 0 Å². The number of aryl methyl sites for hydroxylation is 1. The number of hydrogen-bond acceptors (Lipinski definition) is 4. The highest BCUT2D eigenvalue weighted by Gasteiger charge is 2.07. The van der Waals surface area contributed by atoms with Crippen LogP contribution in [0.3, 0.4) is 0 Å². The number of anilines is 1. The minimum Gasteiger partial charge on any atom is -0.398 e. The number of halogens is 1. The van der Waals surface area contributed by atoms with E-state index in [4.69, 9.17) is 5.73 Å². The van der Waals surface area contributed by atoms with Gasteiger partial charge in [-0.1, -0.05) is 15.9 Å². The van der Waals surface area contributed by atoms with E-state index in [1.165, 1.54) is 0 Å². The van der Waals surface area contributed by atoms with Crippen molar-refractivity contribution in [2.45, 2.75) is 17.6 Å². The number of nitrogens with two attached hydrogens (primary N) is 1. The summed E-state index contributed by atoms with van der Waals surface area (Å²) in [5, 5.41) is 8.15. The van der Waals surface area contributed by atoms with Gasteiger partial charge in [0.15, 0.2) is 0 Å². The normalized spacial score (nSPS) is 10.8. The molecule has 17 heavy (non-hydrogen) atoms. The topological polar surface area (TPSA) is 56.7 Å². The van der Waals surface area contributed by atoms with Crippen LogP contribution in [-0.2, 0) is 12.8 Å². The van der Waals surface area contributed by atoms with Crippen molar-refractivity contribution in [3.8, 4) is 0 Å². The first-order valence-corrected chi connectivity index (χ1v) is 6.88. The maximum Gasteiger partial charge on any atom is 0.143 e. The number of benzene rings is 1. The zero-order valence-electron chi connectivity index (χ0n) is 9.64. The lowest BCUT2D eigenvalue weighted by atomic mass is 10.3. The van der Waals surface area contributed by atoms with Crippen molar-refractivity contribution in [3.05, 3.63) is 34.3 Å². The summed E-state index contributed by atoms with van der Waals surface area (Å²) in [7, 11) is 1.97. The Morgan fingerprint density at radius 2 is 2.18 bits per heavy atom. The van der Waals surface area contributed by atoms with Crippen LogP contribution in [0.25, 0.3) is 0 Å². The minimum absolute atomic E-state index is 0.762. The zero-order valence-corrected chi connectivity index (χ0v) is 12.0. The third kappa shape index (κ3) is 2.81. The standard InChI is InChI=1S/C11H13BrN4S/c1-7-14-15-11(16(7)2)6-17-10-5-8(12)3-4-9(10)13/h3-5H,6,13H2,1-2H3. The average molecular weight is 313 g/mol. The van der Waals surface area contributed by atoms with E-state index in [1.807, 2.05) is 36.7 Å². The number of hydrogen-bond donors (Lipinski definition) is 1. The molecule has 0 spiro atoms. The van der Waals surface area contributed by atoms with Crippen molar-refractivity contribution in [2.24, 2.45) is 7.05 Å². The van der Waals surface area contributed by atoms with E-state index < -0.39 is 0 Å². The molecule has 0 saturated carbocycles. The summed E-state index contributed by atoms with van der Waals surface area (Å²) in [6.07, 6.45) is 0. The second-order valence-electron chi connectivity index (χ2n) is 3.69. The molecule has 1 aromatic heterocycles. The second-order valence-corrected chi connectivity index (χ2v) is 5.63. The zero-order chi connectivity index (χ0) is 12.4. The molecule has 1 heterocycles. The van der Waals surface area contributed by atoms with Gasteiger partial charge in [-0.3, -0.25) is 0 Å². The summed E-state index contributed by atoms with van der Waals surface area (Å²) in [6, 6.07) is 5.85. The third-order valence-electron chi connectivity index (χ3n) is 2.52. The molecule has 2 rings (SSSR count). The maximum absolute atomic E-state index is 5.91. The molecule has 0 bridgehead atoms. The highest BCUT2D eigenvalue weighted by atomic mass is 79.9. The summed E-state index contributed by atoms with van der Waals surface area (Å²) in [6.45, 7) is 1.94. The van der Waals surface area contributed by atoms with Crippen LogP contribution in [0, 0.1) is 6.92 Å². The molecule has 0 saturated heterocycles. The summed E-state index contributed by atoms with van der Waals surface area (Å²) in [4.78, 5) is 1.06. The van der Waals surface area contributed by atoms with E-state index >= 15 is 0 Å². The third-order valence-corrected chi connectivity index (χ3v) is 4.08. The fraction of sp³-hybridized carbons (Fsp3) is 0.273. The molecule has 0 unspecified atom stereocenters. The van der Waals surface area contributed by atoms with Gasteiger partial charge in [-0.05, 0) is 25.1 Å². The van der Waals surface area contributed by atoms with E-state index in [1.54, 1.807) is 11.8 Å². The van der Waals surface area contributed by atoms with E-state index in [2.05, 4.69) is 26.1 Å². The lowest BCUT2D eigenvalue weighted by molar-refractivity contribution is 0.817. The Bertz CT molecular complexity index is 538. The summed E-state index contributed by atoms with van der Waals surface area (Å²) < 4.78 is 3.02.